The van der Waals surface area contributed by atoms with Crippen LogP contribution >= 0.6 is 0 Å². The molecule has 1 amide bonds. The van der Waals surface area contributed by atoms with E-state index in [2.05, 4.69) is 16.9 Å². The number of likely N-dealkylation sites (N-methyl/N-ethyl adjacent to an activating group) is 1. The highest BCUT2D eigenvalue weighted by Gasteiger charge is 2.07. The second-order valence-electron chi connectivity index (χ2n) is 1.83. The Morgan fingerprint density at radius 1 is 1.58 bits per heavy atom. The number of hydrogen-bond donors (Lipinski definition) is 3. The van der Waals surface area contributed by atoms with Gasteiger partial charge in [-0.2, -0.15) is 0 Å². The van der Waals surface area contributed by atoms with E-state index in [0.29, 0.717) is 0 Å². The molecule has 4 N–H and O–H groups in total. The molecule has 0 saturated heterocycles. The Labute approximate surface area is 68.8 Å². The van der Waals surface area contributed by atoms with Crippen molar-refractivity contribution in [1.82, 2.24) is 5.32 Å². The zero-order chi connectivity index (χ0) is 9.72. The summed E-state index contributed by atoms with van der Waals surface area (Å²) >= 11 is 0. The van der Waals surface area contributed by atoms with E-state index in [1.165, 1.54) is 7.05 Å². The van der Waals surface area contributed by atoms with Crippen molar-refractivity contribution in [2.24, 2.45) is 10.7 Å². The Morgan fingerprint density at radius 2 is 2.08 bits per heavy atom. The molecule has 0 aromatic heterocycles. The zero-order valence-corrected chi connectivity index (χ0v) is 6.50. The van der Waals surface area contributed by atoms with Gasteiger partial charge in [0.15, 0.2) is 5.84 Å². The molecule has 0 aromatic rings. The molecule has 0 aliphatic carbocycles. The van der Waals surface area contributed by atoms with Crippen LogP contribution in [0, 0.1) is 0 Å². The highest BCUT2D eigenvalue weighted by molar-refractivity contribution is 6.37. The van der Waals surface area contributed by atoms with Gasteiger partial charge in [-0.25, -0.2) is 9.79 Å². The molecule has 0 atom stereocenters. The number of hydrogen-bond acceptors (Lipinski definition) is 3. The van der Waals surface area contributed by atoms with Crippen LogP contribution in [0.1, 0.15) is 0 Å². The Bertz CT molecular complexity index is 257. The van der Waals surface area contributed by atoms with E-state index in [9.17, 15) is 9.59 Å². The van der Waals surface area contributed by atoms with Crippen molar-refractivity contribution in [3.8, 4) is 0 Å². The molecule has 0 aliphatic rings. The summed E-state index contributed by atoms with van der Waals surface area (Å²) < 4.78 is 0. The number of carboxylic acids is 1. The molecule has 0 unspecified atom stereocenters. The molecule has 12 heavy (non-hydrogen) atoms. The number of aliphatic carboxylic acids is 1. The summed E-state index contributed by atoms with van der Waals surface area (Å²) in [5, 5.41) is 10.5. The fourth-order valence-electron chi connectivity index (χ4n) is 0.372. The summed E-state index contributed by atoms with van der Waals surface area (Å²) in [6, 6.07) is 0. The molecule has 0 rings (SSSR count). The van der Waals surface area contributed by atoms with Crippen LogP contribution in [0.3, 0.4) is 0 Å². The van der Waals surface area contributed by atoms with Gasteiger partial charge in [-0.05, 0) is 0 Å². The van der Waals surface area contributed by atoms with E-state index in [1.54, 1.807) is 0 Å². The molecule has 6 nitrogen and oxygen atoms in total. The topological polar surface area (TPSA) is 105 Å². The molecule has 0 fully saturated rings. The minimum Gasteiger partial charge on any atom is -0.477 e. The molecule has 0 radical (unpaired) electrons. The van der Waals surface area contributed by atoms with E-state index in [0.717, 1.165) is 0 Å². The normalized spacial score (nSPS) is 10.6. The molecule has 0 spiro atoms. The quantitative estimate of drug-likeness (QED) is 0.272. The first-order valence-electron chi connectivity index (χ1n) is 2.97. The molecule has 0 heterocycles. The van der Waals surface area contributed by atoms with Gasteiger partial charge in [0.2, 0.25) is 0 Å². The fourth-order valence-corrected chi connectivity index (χ4v) is 0.372. The summed E-state index contributed by atoms with van der Waals surface area (Å²) in [4.78, 5) is 24.1. The van der Waals surface area contributed by atoms with Crippen molar-refractivity contribution >= 4 is 17.7 Å². The van der Waals surface area contributed by atoms with Crippen LogP contribution < -0.4 is 11.1 Å². The zero-order valence-electron chi connectivity index (χ0n) is 6.50. The lowest BCUT2D eigenvalue weighted by atomic mass is 10.5. The predicted octanol–water partition coefficient (Wildman–Crippen LogP) is -1.31. The second-order valence-corrected chi connectivity index (χ2v) is 1.83. The van der Waals surface area contributed by atoms with Crippen molar-refractivity contribution in [1.29, 1.82) is 0 Å². The third-order valence-corrected chi connectivity index (χ3v) is 0.962. The van der Waals surface area contributed by atoms with Crippen LogP contribution in [0.2, 0.25) is 0 Å². The van der Waals surface area contributed by atoms with Crippen molar-refractivity contribution in [3.05, 3.63) is 12.3 Å². The molecule has 0 bridgehead atoms. The maximum Gasteiger partial charge on any atom is 0.353 e. The van der Waals surface area contributed by atoms with Gasteiger partial charge in [0.1, 0.15) is 5.70 Å². The molecular weight excluding hydrogens is 162 g/mol. The fraction of sp³-hybridized carbons (Fsp3) is 0.167. The predicted molar refractivity (Wildman–Crippen MR) is 42.5 cm³/mol. The van der Waals surface area contributed by atoms with Gasteiger partial charge in [0.05, 0.1) is 0 Å². The van der Waals surface area contributed by atoms with E-state index in [1.807, 2.05) is 0 Å². The van der Waals surface area contributed by atoms with Crippen LogP contribution in [-0.2, 0) is 9.59 Å². The van der Waals surface area contributed by atoms with Crippen molar-refractivity contribution in [3.63, 3.8) is 0 Å². The monoisotopic (exact) mass is 171 g/mol. The lowest BCUT2D eigenvalue weighted by Crippen LogP contribution is -2.34. The summed E-state index contributed by atoms with van der Waals surface area (Å²) in [6.45, 7) is 3.06. The van der Waals surface area contributed by atoms with Crippen molar-refractivity contribution in [2.75, 3.05) is 7.05 Å². The van der Waals surface area contributed by atoms with E-state index < -0.39 is 23.4 Å². The maximum absolute atomic E-state index is 10.7. The number of nitrogens with two attached hydrogens (primary N) is 1. The van der Waals surface area contributed by atoms with E-state index in [-0.39, 0.29) is 0 Å². The van der Waals surface area contributed by atoms with Gasteiger partial charge in [-0.15, -0.1) is 0 Å². The number of nitrogens with zero attached hydrogens (tertiary/aromatic N) is 1. The number of aliphatic imine (C=N–C) groups is 1. The van der Waals surface area contributed by atoms with Gasteiger partial charge in [-0.1, -0.05) is 6.58 Å². The summed E-state index contributed by atoms with van der Waals surface area (Å²) in [5.74, 6) is -2.39. The van der Waals surface area contributed by atoms with Gasteiger partial charge in [0.25, 0.3) is 5.91 Å². The first kappa shape index (κ1) is 10.2. The lowest BCUT2D eigenvalue weighted by molar-refractivity contribution is -0.132. The highest BCUT2D eigenvalue weighted by atomic mass is 16.4. The Hall–Kier alpha value is -1.85. The molecule has 66 valence electrons. The van der Waals surface area contributed by atoms with E-state index >= 15 is 0 Å². The highest BCUT2D eigenvalue weighted by Crippen LogP contribution is 1.90. The summed E-state index contributed by atoms with van der Waals surface area (Å²) in [5.41, 5.74) is 4.60. The average molecular weight is 171 g/mol. The molecule has 0 aliphatic heterocycles. The minimum absolute atomic E-state index is 0.426. The number of carbonyl (C=O) groups is 2. The molecule has 0 aromatic carbocycles. The van der Waals surface area contributed by atoms with Gasteiger partial charge >= 0.3 is 5.97 Å². The van der Waals surface area contributed by atoms with Crippen LogP contribution in [0.4, 0.5) is 0 Å². The van der Waals surface area contributed by atoms with Crippen LogP contribution in [0.5, 0.6) is 0 Å². The van der Waals surface area contributed by atoms with Gasteiger partial charge in [-0.3, -0.25) is 4.79 Å². The van der Waals surface area contributed by atoms with Crippen LogP contribution in [0.15, 0.2) is 17.3 Å². The van der Waals surface area contributed by atoms with E-state index in [4.69, 9.17) is 10.8 Å². The number of nitrogens with one attached hydrogen (secondary N) is 1. The number of carbonyl (C=O) groups excluding carboxylic acids is 1. The molecule has 0 saturated carbocycles. The molecular formula is C6H9N3O3. The third kappa shape index (κ3) is 2.82. The number of amidine groups is 1. The first-order valence-corrected chi connectivity index (χ1v) is 2.97. The lowest BCUT2D eigenvalue weighted by Gasteiger charge is -1.97. The maximum atomic E-state index is 10.7. The number of carboxylic acid groups (broad SMARTS) is 1. The van der Waals surface area contributed by atoms with Crippen LogP contribution in [0.25, 0.3) is 0 Å². The molecule has 6 heteroatoms. The Kier molecular flexibility index (Phi) is 3.48. The average Bonchev–Trinajstić information content (AvgIpc) is 2.02. The smallest absolute Gasteiger partial charge is 0.353 e. The summed E-state index contributed by atoms with van der Waals surface area (Å²) in [7, 11) is 1.36. The standard InChI is InChI=1S/C6H9N3O3/c1-3(6(11)12)9-4(7)5(10)8-2/h1H2,2H3,(H2,7,9)(H,8,10)(H,11,12). The SMILES string of the molecule is C=C(N=C(N)C(=O)NC)C(=O)O. The Balaban J connectivity index is 4.46. The van der Waals surface area contributed by atoms with Gasteiger partial charge in [0, 0.05) is 7.05 Å². The largest absolute Gasteiger partial charge is 0.477 e. The summed E-state index contributed by atoms with van der Waals surface area (Å²) in [6.07, 6.45) is 0. The van der Waals surface area contributed by atoms with Gasteiger partial charge < -0.3 is 16.2 Å². The Morgan fingerprint density at radius 3 is 2.42 bits per heavy atom. The van der Waals surface area contributed by atoms with Crippen molar-refractivity contribution < 1.29 is 14.7 Å². The second kappa shape index (κ2) is 4.12. The number of amides is 1. The third-order valence-electron chi connectivity index (χ3n) is 0.962. The van der Waals surface area contributed by atoms with Crippen molar-refractivity contribution in [2.45, 2.75) is 0 Å². The first-order chi connectivity index (χ1) is 5.49. The van der Waals surface area contributed by atoms with Crippen LogP contribution in [-0.4, -0.2) is 29.9 Å². The number of rotatable bonds is 2. The minimum atomic E-state index is -1.32.